The number of aliphatic hydroxyl groups excluding tert-OH is 1. The molecule has 1 aromatic heterocycles. The molecule has 0 aliphatic heterocycles. The number of hydrogen-bond donors (Lipinski definition) is 3. The summed E-state index contributed by atoms with van der Waals surface area (Å²) in [5.74, 6) is -0.459. The average Bonchev–Trinajstić information content (AvgIpc) is 2.67. The van der Waals surface area contributed by atoms with Crippen molar-refractivity contribution in [2.75, 3.05) is 39.2 Å². The van der Waals surface area contributed by atoms with Crippen LogP contribution in [0, 0.1) is 12.7 Å². The second kappa shape index (κ2) is 10.2. The zero-order valence-electron chi connectivity index (χ0n) is 17.7. The molecule has 0 spiro atoms. The molecule has 2 rings (SSSR count). The summed E-state index contributed by atoms with van der Waals surface area (Å²) in [5.41, 5.74) is 2.28. The lowest BCUT2D eigenvalue weighted by Crippen LogP contribution is -2.44. The van der Waals surface area contributed by atoms with Crippen molar-refractivity contribution in [3.63, 3.8) is 0 Å². The third-order valence-electron chi connectivity index (χ3n) is 4.39. The Balaban J connectivity index is 2.61. The highest BCUT2D eigenvalue weighted by Gasteiger charge is 2.21. The molecule has 30 heavy (non-hydrogen) atoms. The van der Waals surface area contributed by atoms with Gasteiger partial charge in [0.2, 0.25) is 0 Å². The van der Waals surface area contributed by atoms with Crippen molar-refractivity contribution in [3.8, 4) is 0 Å². The highest BCUT2D eigenvalue weighted by atomic mass is 19.1. The lowest BCUT2D eigenvalue weighted by molar-refractivity contribution is 0.0481. The van der Waals surface area contributed by atoms with Crippen LogP contribution in [0.5, 0.6) is 0 Å². The third-order valence-corrected chi connectivity index (χ3v) is 4.39. The minimum atomic E-state index is -0.597. The fourth-order valence-electron chi connectivity index (χ4n) is 2.77. The molecule has 0 amide bonds. The van der Waals surface area contributed by atoms with E-state index in [0.717, 1.165) is 10.1 Å². The van der Waals surface area contributed by atoms with Crippen molar-refractivity contribution in [1.29, 1.82) is 0 Å². The molecular formula is C20H28FN5O4. The maximum absolute atomic E-state index is 14.4. The maximum Gasteiger partial charge on any atom is 0.332 e. The van der Waals surface area contributed by atoms with E-state index in [1.807, 2.05) is 19.0 Å². The number of hydroxylamine groups is 1. The third kappa shape index (κ3) is 5.35. The molecule has 2 aromatic rings. The number of benzene rings is 1. The maximum atomic E-state index is 14.4. The Labute approximate surface area is 174 Å². The van der Waals surface area contributed by atoms with Gasteiger partial charge in [0.05, 0.1) is 24.6 Å². The van der Waals surface area contributed by atoms with E-state index in [1.54, 1.807) is 13.0 Å². The van der Waals surface area contributed by atoms with Crippen LogP contribution >= 0.6 is 0 Å². The Bertz CT molecular complexity index is 1030. The van der Waals surface area contributed by atoms with Crippen LogP contribution in [0.25, 0.3) is 5.70 Å². The lowest BCUT2D eigenvalue weighted by Gasteiger charge is -2.20. The van der Waals surface area contributed by atoms with Gasteiger partial charge in [-0.05, 0) is 38.7 Å². The van der Waals surface area contributed by atoms with E-state index in [1.165, 1.54) is 23.7 Å². The summed E-state index contributed by atoms with van der Waals surface area (Å²) >= 11 is 0. The zero-order chi connectivity index (χ0) is 22.4. The van der Waals surface area contributed by atoms with Crippen LogP contribution < -0.4 is 22.0 Å². The van der Waals surface area contributed by atoms with E-state index in [-0.39, 0.29) is 42.5 Å². The highest BCUT2D eigenvalue weighted by Crippen LogP contribution is 2.23. The van der Waals surface area contributed by atoms with Crippen LogP contribution in [-0.4, -0.2) is 53.0 Å². The molecule has 3 N–H and O–H groups in total. The van der Waals surface area contributed by atoms with E-state index >= 15 is 0 Å². The first-order valence-corrected chi connectivity index (χ1v) is 9.37. The van der Waals surface area contributed by atoms with Gasteiger partial charge < -0.3 is 15.3 Å². The SMILES string of the molecule is C=C(NOCCO)c1c(Nc2ccc(C)cc2F)n(C)c(=O)n(CCN(C)C)c1=O. The Morgan fingerprint density at radius 3 is 2.63 bits per heavy atom. The minimum absolute atomic E-state index is 0.0220. The van der Waals surface area contributed by atoms with E-state index in [0.29, 0.717) is 6.54 Å². The number of nitrogens with zero attached hydrogens (tertiary/aromatic N) is 3. The standard InChI is InChI=1S/C20H28FN5O4/c1-13-6-7-16(15(21)12-13)22-18-17(14(2)23-30-11-10-27)19(28)26(9-8-24(3)4)20(29)25(18)5/h6-7,12,22-23,27H,2,8-11H2,1,3-5H3. The fourth-order valence-corrected chi connectivity index (χ4v) is 2.77. The van der Waals surface area contributed by atoms with Crippen molar-refractivity contribution in [1.82, 2.24) is 19.5 Å². The molecule has 0 aliphatic rings. The van der Waals surface area contributed by atoms with Crippen molar-refractivity contribution in [3.05, 3.63) is 62.6 Å². The molecule has 0 aliphatic carbocycles. The molecule has 0 saturated carbocycles. The van der Waals surface area contributed by atoms with Crippen molar-refractivity contribution in [2.45, 2.75) is 13.5 Å². The van der Waals surface area contributed by atoms with Crippen molar-refractivity contribution < 1.29 is 14.3 Å². The summed E-state index contributed by atoms with van der Waals surface area (Å²) in [6, 6.07) is 4.57. The predicted molar refractivity (Wildman–Crippen MR) is 114 cm³/mol. The number of hydrogen-bond acceptors (Lipinski definition) is 7. The molecule has 0 saturated heterocycles. The Hall–Kier alpha value is -2.95. The largest absolute Gasteiger partial charge is 0.394 e. The van der Waals surface area contributed by atoms with Crippen LogP contribution in [0.4, 0.5) is 15.9 Å². The van der Waals surface area contributed by atoms with E-state index in [9.17, 15) is 14.0 Å². The van der Waals surface area contributed by atoms with Crippen LogP contribution in [-0.2, 0) is 18.4 Å². The number of aromatic nitrogens is 2. The average molecular weight is 421 g/mol. The normalized spacial score (nSPS) is 11.0. The van der Waals surface area contributed by atoms with E-state index < -0.39 is 17.1 Å². The van der Waals surface area contributed by atoms with Crippen LogP contribution in [0.2, 0.25) is 0 Å². The molecule has 1 heterocycles. The first-order chi connectivity index (χ1) is 14.2. The van der Waals surface area contributed by atoms with Crippen LogP contribution in [0.3, 0.4) is 0 Å². The molecule has 0 fully saturated rings. The molecular weight excluding hydrogens is 393 g/mol. The van der Waals surface area contributed by atoms with Gasteiger partial charge in [-0.2, -0.15) is 0 Å². The number of anilines is 2. The van der Waals surface area contributed by atoms with Gasteiger partial charge >= 0.3 is 5.69 Å². The Morgan fingerprint density at radius 2 is 2.03 bits per heavy atom. The van der Waals surface area contributed by atoms with Gasteiger partial charge in [0, 0.05) is 20.1 Å². The van der Waals surface area contributed by atoms with Gasteiger partial charge in [0.1, 0.15) is 17.2 Å². The van der Waals surface area contributed by atoms with Crippen LogP contribution in [0.15, 0.2) is 34.4 Å². The fraction of sp³-hybridized carbons (Fsp3) is 0.400. The van der Waals surface area contributed by atoms with Gasteiger partial charge in [-0.3, -0.25) is 24.2 Å². The molecule has 164 valence electrons. The van der Waals surface area contributed by atoms with E-state index in [2.05, 4.69) is 17.4 Å². The first kappa shape index (κ1) is 23.3. The topological polar surface area (TPSA) is 101 Å². The smallest absolute Gasteiger partial charge is 0.332 e. The molecule has 0 bridgehead atoms. The Morgan fingerprint density at radius 1 is 1.33 bits per heavy atom. The quantitative estimate of drug-likeness (QED) is 0.385. The summed E-state index contributed by atoms with van der Waals surface area (Å²) < 4.78 is 16.7. The van der Waals surface area contributed by atoms with Gasteiger partial charge in [-0.15, -0.1) is 0 Å². The predicted octanol–water partition coefficient (Wildman–Crippen LogP) is 0.784. The van der Waals surface area contributed by atoms with Gasteiger partial charge in [0.15, 0.2) is 0 Å². The minimum Gasteiger partial charge on any atom is -0.394 e. The highest BCUT2D eigenvalue weighted by molar-refractivity contribution is 5.74. The molecule has 10 heteroatoms. The van der Waals surface area contributed by atoms with Crippen molar-refractivity contribution in [2.24, 2.45) is 7.05 Å². The van der Waals surface area contributed by atoms with Gasteiger partial charge in [-0.25, -0.2) is 9.18 Å². The zero-order valence-corrected chi connectivity index (χ0v) is 17.7. The van der Waals surface area contributed by atoms with E-state index in [4.69, 9.17) is 9.94 Å². The molecule has 1 aromatic carbocycles. The second-order valence-corrected chi connectivity index (χ2v) is 7.09. The molecule has 0 radical (unpaired) electrons. The number of aryl methyl sites for hydroxylation is 1. The molecule has 9 nitrogen and oxygen atoms in total. The second-order valence-electron chi connectivity index (χ2n) is 7.09. The summed E-state index contributed by atoms with van der Waals surface area (Å²) in [6.07, 6.45) is 0. The summed E-state index contributed by atoms with van der Waals surface area (Å²) in [4.78, 5) is 32.9. The van der Waals surface area contributed by atoms with Crippen LogP contribution in [0.1, 0.15) is 11.1 Å². The monoisotopic (exact) mass is 421 g/mol. The molecule has 0 atom stereocenters. The lowest BCUT2D eigenvalue weighted by atomic mass is 10.2. The summed E-state index contributed by atoms with van der Waals surface area (Å²) in [7, 11) is 5.14. The summed E-state index contributed by atoms with van der Waals surface area (Å²) in [6.45, 7) is 5.93. The number of aliphatic hydroxyl groups is 1. The number of rotatable bonds is 10. The Kier molecular flexibility index (Phi) is 7.93. The molecule has 0 unspecified atom stereocenters. The number of nitrogens with one attached hydrogen (secondary N) is 2. The number of likely N-dealkylation sites (N-methyl/N-ethyl adjacent to an activating group) is 1. The number of halogens is 1. The first-order valence-electron chi connectivity index (χ1n) is 9.37. The van der Waals surface area contributed by atoms with Gasteiger partial charge in [0.25, 0.3) is 5.56 Å². The van der Waals surface area contributed by atoms with Gasteiger partial charge in [-0.1, -0.05) is 12.6 Å². The summed E-state index contributed by atoms with van der Waals surface area (Å²) in [5, 5.41) is 11.7. The van der Waals surface area contributed by atoms with Crippen molar-refractivity contribution >= 4 is 17.2 Å².